The van der Waals surface area contributed by atoms with E-state index in [4.69, 9.17) is 12.2 Å². The van der Waals surface area contributed by atoms with Crippen LogP contribution in [0.2, 0.25) is 0 Å². The van der Waals surface area contributed by atoms with Gasteiger partial charge in [0.2, 0.25) is 0 Å². The minimum atomic E-state index is 0.459. The third kappa shape index (κ3) is 4.73. The lowest BCUT2D eigenvalue weighted by molar-refractivity contribution is 0.573. The highest BCUT2D eigenvalue weighted by Crippen LogP contribution is 2.13. The van der Waals surface area contributed by atoms with Crippen molar-refractivity contribution < 1.29 is 0 Å². The average Bonchev–Trinajstić information content (AvgIpc) is 2.24. The molecular formula is C14H22N2S. The van der Waals surface area contributed by atoms with Crippen LogP contribution < -0.4 is 10.6 Å². The zero-order valence-electron chi connectivity index (χ0n) is 11.1. The predicted molar refractivity (Wildman–Crippen MR) is 79.6 cm³/mol. The molecule has 17 heavy (non-hydrogen) atoms. The lowest BCUT2D eigenvalue weighted by Crippen LogP contribution is -2.36. The van der Waals surface area contributed by atoms with Crippen molar-refractivity contribution in [3.05, 3.63) is 29.3 Å². The van der Waals surface area contributed by atoms with Crippen LogP contribution in [0.5, 0.6) is 0 Å². The highest BCUT2D eigenvalue weighted by molar-refractivity contribution is 7.80. The molecule has 0 saturated heterocycles. The molecule has 0 fully saturated rings. The summed E-state index contributed by atoms with van der Waals surface area (Å²) in [5.41, 5.74) is 3.56. The number of nitrogens with one attached hydrogen (secondary N) is 2. The summed E-state index contributed by atoms with van der Waals surface area (Å²) in [5, 5.41) is 7.28. The van der Waals surface area contributed by atoms with Gasteiger partial charge in [-0.05, 0) is 62.2 Å². The Balaban J connectivity index is 2.61. The molecule has 0 bridgehead atoms. The first-order chi connectivity index (χ1) is 8.05. The van der Waals surface area contributed by atoms with Gasteiger partial charge in [-0.3, -0.25) is 0 Å². The molecule has 1 aromatic rings. The second kappa shape index (κ2) is 6.60. The third-order valence-corrected chi connectivity index (χ3v) is 3.02. The van der Waals surface area contributed by atoms with Gasteiger partial charge in [0, 0.05) is 11.7 Å². The van der Waals surface area contributed by atoms with Crippen molar-refractivity contribution in [2.24, 2.45) is 0 Å². The predicted octanol–water partition coefficient (Wildman–Crippen LogP) is 3.78. The minimum absolute atomic E-state index is 0.459. The van der Waals surface area contributed by atoms with Crippen LogP contribution >= 0.6 is 12.2 Å². The Morgan fingerprint density at radius 1 is 1.12 bits per heavy atom. The molecule has 0 amide bonds. The van der Waals surface area contributed by atoms with Gasteiger partial charge in [0.05, 0.1) is 0 Å². The Kier molecular flexibility index (Phi) is 5.42. The van der Waals surface area contributed by atoms with Crippen molar-refractivity contribution >= 4 is 23.0 Å². The molecule has 1 aromatic carbocycles. The van der Waals surface area contributed by atoms with Crippen molar-refractivity contribution in [2.75, 3.05) is 5.32 Å². The van der Waals surface area contributed by atoms with Gasteiger partial charge in [0.25, 0.3) is 0 Å². The Labute approximate surface area is 110 Å². The zero-order chi connectivity index (χ0) is 12.8. The molecule has 0 unspecified atom stereocenters. The first-order valence-corrected chi connectivity index (χ1v) is 6.61. The Bertz CT molecular complexity index is 364. The van der Waals surface area contributed by atoms with E-state index in [2.05, 4.69) is 56.5 Å². The van der Waals surface area contributed by atoms with Gasteiger partial charge in [-0.15, -0.1) is 0 Å². The number of anilines is 1. The summed E-state index contributed by atoms with van der Waals surface area (Å²) in [7, 11) is 0. The molecule has 1 rings (SSSR count). The molecule has 0 spiro atoms. The van der Waals surface area contributed by atoms with E-state index < -0.39 is 0 Å². The zero-order valence-corrected chi connectivity index (χ0v) is 11.9. The van der Waals surface area contributed by atoms with Crippen molar-refractivity contribution in [3.63, 3.8) is 0 Å². The SMILES string of the molecule is CCC(CC)NC(=S)Nc1cc(C)cc(C)c1. The van der Waals surface area contributed by atoms with Gasteiger partial charge in [-0.1, -0.05) is 19.9 Å². The first-order valence-electron chi connectivity index (χ1n) is 6.21. The fourth-order valence-electron chi connectivity index (χ4n) is 1.89. The molecule has 0 atom stereocenters. The number of benzene rings is 1. The monoisotopic (exact) mass is 250 g/mol. The lowest BCUT2D eigenvalue weighted by Gasteiger charge is -2.18. The number of hydrogen-bond donors (Lipinski definition) is 2. The van der Waals surface area contributed by atoms with Gasteiger partial charge in [-0.25, -0.2) is 0 Å². The molecule has 94 valence electrons. The van der Waals surface area contributed by atoms with E-state index in [1.54, 1.807) is 0 Å². The quantitative estimate of drug-likeness (QED) is 0.795. The molecular weight excluding hydrogens is 228 g/mol. The standard InChI is InChI=1S/C14H22N2S/c1-5-12(6-2)15-14(17)16-13-8-10(3)7-11(4)9-13/h7-9,12H,5-6H2,1-4H3,(H2,15,16,17). The van der Waals surface area contributed by atoms with Gasteiger partial charge in [-0.2, -0.15) is 0 Å². The highest BCUT2D eigenvalue weighted by Gasteiger charge is 2.05. The van der Waals surface area contributed by atoms with Gasteiger partial charge < -0.3 is 10.6 Å². The van der Waals surface area contributed by atoms with E-state index in [0.717, 1.165) is 18.5 Å². The Morgan fingerprint density at radius 3 is 2.12 bits per heavy atom. The summed E-state index contributed by atoms with van der Waals surface area (Å²) in [6.07, 6.45) is 2.18. The molecule has 0 radical (unpaired) electrons. The van der Waals surface area contributed by atoms with Crippen molar-refractivity contribution in [3.8, 4) is 0 Å². The van der Waals surface area contributed by atoms with Crippen LogP contribution in [0, 0.1) is 13.8 Å². The Morgan fingerprint density at radius 2 is 1.65 bits per heavy atom. The highest BCUT2D eigenvalue weighted by atomic mass is 32.1. The van der Waals surface area contributed by atoms with Crippen molar-refractivity contribution in [1.29, 1.82) is 0 Å². The summed E-state index contributed by atoms with van der Waals surface area (Å²) in [5.74, 6) is 0. The largest absolute Gasteiger partial charge is 0.360 e. The van der Waals surface area contributed by atoms with E-state index in [1.807, 2.05) is 0 Å². The molecule has 3 heteroatoms. The van der Waals surface area contributed by atoms with Crippen molar-refractivity contribution in [1.82, 2.24) is 5.32 Å². The molecule has 0 aliphatic heterocycles. The summed E-state index contributed by atoms with van der Waals surface area (Å²) in [4.78, 5) is 0. The second-order valence-corrected chi connectivity index (χ2v) is 4.90. The number of aryl methyl sites for hydroxylation is 2. The normalized spacial score (nSPS) is 10.4. The fraction of sp³-hybridized carbons (Fsp3) is 0.500. The van der Waals surface area contributed by atoms with Crippen molar-refractivity contribution in [2.45, 2.75) is 46.6 Å². The van der Waals surface area contributed by atoms with Crippen LogP contribution in [0.3, 0.4) is 0 Å². The smallest absolute Gasteiger partial charge is 0.170 e. The van der Waals surface area contributed by atoms with Crippen LogP contribution in [-0.4, -0.2) is 11.2 Å². The van der Waals surface area contributed by atoms with Crippen LogP contribution in [0.15, 0.2) is 18.2 Å². The summed E-state index contributed by atoms with van der Waals surface area (Å²) >= 11 is 5.31. The maximum absolute atomic E-state index is 5.31. The molecule has 0 saturated carbocycles. The maximum atomic E-state index is 5.31. The van der Waals surface area contributed by atoms with E-state index >= 15 is 0 Å². The van der Waals surface area contributed by atoms with Gasteiger partial charge >= 0.3 is 0 Å². The molecule has 0 aromatic heterocycles. The summed E-state index contributed by atoms with van der Waals surface area (Å²) in [6.45, 7) is 8.52. The molecule has 0 aliphatic rings. The van der Waals surface area contributed by atoms with Crippen LogP contribution in [0.1, 0.15) is 37.8 Å². The number of thiocarbonyl (C=S) groups is 1. The summed E-state index contributed by atoms with van der Waals surface area (Å²) < 4.78 is 0. The number of rotatable bonds is 4. The second-order valence-electron chi connectivity index (χ2n) is 4.49. The van der Waals surface area contributed by atoms with Crippen LogP contribution in [0.25, 0.3) is 0 Å². The van der Waals surface area contributed by atoms with E-state index in [-0.39, 0.29) is 0 Å². The molecule has 0 aliphatic carbocycles. The maximum Gasteiger partial charge on any atom is 0.170 e. The van der Waals surface area contributed by atoms with E-state index in [1.165, 1.54) is 11.1 Å². The topological polar surface area (TPSA) is 24.1 Å². The molecule has 2 N–H and O–H groups in total. The Hall–Kier alpha value is -1.09. The molecule has 2 nitrogen and oxygen atoms in total. The van der Waals surface area contributed by atoms with Gasteiger partial charge in [0.15, 0.2) is 5.11 Å². The third-order valence-electron chi connectivity index (χ3n) is 2.80. The summed E-state index contributed by atoms with van der Waals surface area (Å²) in [6, 6.07) is 6.82. The van der Waals surface area contributed by atoms with Crippen LogP contribution in [-0.2, 0) is 0 Å². The first kappa shape index (κ1) is 14.0. The average molecular weight is 250 g/mol. The van der Waals surface area contributed by atoms with Gasteiger partial charge in [0.1, 0.15) is 0 Å². The lowest BCUT2D eigenvalue weighted by atomic mass is 10.1. The molecule has 0 heterocycles. The van der Waals surface area contributed by atoms with Crippen LogP contribution in [0.4, 0.5) is 5.69 Å². The minimum Gasteiger partial charge on any atom is -0.360 e. The van der Waals surface area contributed by atoms with E-state index in [9.17, 15) is 0 Å². The number of hydrogen-bond acceptors (Lipinski definition) is 1. The fourth-order valence-corrected chi connectivity index (χ4v) is 2.18. The van der Waals surface area contributed by atoms with E-state index in [0.29, 0.717) is 11.2 Å².